The summed E-state index contributed by atoms with van der Waals surface area (Å²) in [5.74, 6) is 0.920. The first-order valence-corrected chi connectivity index (χ1v) is 14.1. The van der Waals surface area contributed by atoms with Crippen LogP contribution >= 0.6 is 11.3 Å². The molecule has 0 aliphatic heterocycles. The van der Waals surface area contributed by atoms with Gasteiger partial charge in [0.15, 0.2) is 5.58 Å². The maximum Gasteiger partial charge on any atom is 0.214 e. The maximum absolute atomic E-state index is 6.79. The van der Waals surface area contributed by atoms with E-state index in [-0.39, 0.29) is 0 Å². The van der Waals surface area contributed by atoms with Crippen molar-refractivity contribution in [3.8, 4) is 22.8 Å². The van der Waals surface area contributed by atoms with Gasteiger partial charge in [0.05, 0.1) is 26.6 Å². The molecule has 0 amide bonds. The van der Waals surface area contributed by atoms with Crippen LogP contribution in [0.15, 0.2) is 132 Å². The zero-order chi connectivity index (χ0) is 26.2. The lowest BCUT2D eigenvalue weighted by Crippen LogP contribution is -1.97. The Bertz CT molecular complexity index is 2370. The minimum atomic E-state index is 0.887. The largest absolute Gasteiger partial charge is 0.438 e. The molecular weight excluding hydrogens is 510 g/mol. The van der Waals surface area contributed by atoms with Gasteiger partial charge in [0.1, 0.15) is 5.82 Å². The number of imidazole rings is 1. The average Bonchev–Trinajstić information content (AvgIpc) is 3.75. The third kappa shape index (κ3) is 2.98. The molecule has 0 spiro atoms. The Morgan fingerprint density at radius 1 is 0.600 bits per heavy atom. The van der Waals surface area contributed by atoms with Crippen LogP contribution in [-0.2, 0) is 0 Å². The molecule has 0 atom stereocenters. The molecule has 0 radical (unpaired) electrons. The molecule has 0 bridgehead atoms. The number of para-hydroxylation sites is 5. The van der Waals surface area contributed by atoms with E-state index in [0.717, 1.165) is 56.0 Å². The van der Waals surface area contributed by atoms with Gasteiger partial charge in [-0.25, -0.2) is 4.98 Å². The molecule has 0 saturated heterocycles. The molecule has 4 heterocycles. The van der Waals surface area contributed by atoms with Gasteiger partial charge in [0.2, 0.25) is 5.71 Å². The van der Waals surface area contributed by atoms with E-state index in [4.69, 9.17) is 9.40 Å². The van der Waals surface area contributed by atoms with E-state index in [9.17, 15) is 0 Å². The van der Waals surface area contributed by atoms with E-state index in [1.165, 1.54) is 20.2 Å². The lowest BCUT2D eigenvalue weighted by molar-refractivity contribution is 0.649. The quantitative estimate of drug-likeness (QED) is 0.227. The van der Waals surface area contributed by atoms with Crippen LogP contribution in [0.5, 0.6) is 0 Å². The van der Waals surface area contributed by atoms with Gasteiger partial charge in [-0.3, -0.25) is 9.13 Å². The standard InChI is InChI=1S/C35H21N3OS/c1-3-11-23(12-4-1)37-29-18-10-8-16-27(29)36-34(37)22-19-20-30-26(21-22)32-33(40-30)31-25-15-7-9-17-28(25)38(35(31)39-32)24-13-5-2-6-14-24/h1-21H. The van der Waals surface area contributed by atoms with Crippen LogP contribution in [-0.4, -0.2) is 14.1 Å². The van der Waals surface area contributed by atoms with Crippen LogP contribution in [0.1, 0.15) is 0 Å². The number of thiophene rings is 1. The second kappa shape index (κ2) is 8.18. The van der Waals surface area contributed by atoms with E-state index in [1.807, 2.05) is 18.2 Å². The summed E-state index contributed by atoms with van der Waals surface area (Å²) in [6, 6.07) is 44.4. The highest BCUT2D eigenvalue weighted by molar-refractivity contribution is 7.26. The number of hydrogen-bond donors (Lipinski definition) is 0. The van der Waals surface area contributed by atoms with Crippen LogP contribution in [0, 0.1) is 0 Å². The molecule has 0 N–H and O–H groups in total. The van der Waals surface area contributed by atoms with Crippen LogP contribution in [0.25, 0.3) is 76.2 Å². The Labute approximate surface area is 233 Å². The van der Waals surface area contributed by atoms with E-state index >= 15 is 0 Å². The molecular formula is C35H21N3OS. The van der Waals surface area contributed by atoms with Crippen LogP contribution in [0.2, 0.25) is 0 Å². The predicted molar refractivity (Wildman–Crippen MR) is 166 cm³/mol. The molecule has 5 aromatic carbocycles. The Morgan fingerprint density at radius 2 is 1.27 bits per heavy atom. The monoisotopic (exact) mass is 531 g/mol. The summed E-state index contributed by atoms with van der Waals surface area (Å²) in [6.45, 7) is 0. The van der Waals surface area contributed by atoms with Crippen molar-refractivity contribution in [1.29, 1.82) is 0 Å². The first-order valence-electron chi connectivity index (χ1n) is 13.3. The van der Waals surface area contributed by atoms with Crippen molar-refractivity contribution in [2.45, 2.75) is 0 Å². The average molecular weight is 532 g/mol. The van der Waals surface area contributed by atoms with Gasteiger partial charge in [-0.2, -0.15) is 0 Å². The molecule has 5 heteroatoms. The lowest BCUT2D eigenvalue weighted by Gasteiger charge is -2.09. The minimum Gasteiger partial charge on any atom is -0.438 e. The fraction of sp³-hybridized carbons (Fsp3) is 0. The second-order valence-corrected chi connectivity index (χ2v) is 11.1. The van der Waals surface area contributed by atoms with Gasteiger partial charge in [-0.05, 0) is 60.7 Å². The summed E-state index contributed by atoms with van der Waals surface area (Å²) >= 11 is 1.80. The summed E-state index contributed by atoms with van der Waals surface area (Å²) in [4.78, 5) is 5.09. The fourth-order valence-electron chi connectivity index (χ4n) is 6.00. The molecule has 188 valence electrons. The third-order valence-electron chi connectivity index (χ3n) is 7.75. The SMILES string of the molecule is c1ccc(-n2c(-c3ccc4sc5c(oc6c5c5ccccc5n6-c5ccccc5)c4c3)nc3ccccc32)cc1. The van der Waals surface area contributed by atoms with Crippen LogP contribution in [0.4, 0.5) is 0 Å². The topological polar surface area (TPSA) is 35.9 Å². The van der Waals surface area contributed by atoms with Crippen molar-refractivity contribution in [3.05, 3.63) is 127 Å². The van der Waals surface area contributed by atoms with Gasteiger partial charge < -0.3 is 4.42 Å². The first-order chi connectivity index (χ1) is 19.8. The zero-order valence-corrected chi connectivity index (χ0v) is 22.1. The molecule has 0 fully saturated rings. The summed E-state index contributed by atoms with van der Waals surface area (Å²) in [6.07, 6.45) is 0. The molecule has 4 aromatic heterocycles. The maximum atomic E-state index is 6.79. The van der Waals surface area contributed by atoms with E-state index in [1.54, 1.807) is 11.3 Å². The van der Waals surface area contributed by atoms with Gasteiger partial charge in [-0.15, -0.1) is 11.3 Å². The minimum absolute atomic E-state index is 0.887. The molecule has 0 aliphatic carbocycles. The zero-order valence-electron chi connectivity index (χ0n) is 21.3. The smallest absolute Gasteiger partial charge is 0.214 e. The van der Waals surface area contributed by atoms with Crippen molar-refractivity contribution in [1.82, 2.24) is 14.1 Å². The highest BCUT2D eigenvalue weighted by atomic mass is 32.1. The van der Waals surface area contributed by atoms with Crippen molar-refractivity contribution in [2.24, 2.45) is 0 Å². The number of rotatable bonds is 3. The Kier molecular flexibility index (Phi) is 4.45. The van der Waals surface area contributed by atoms with Crippen LogP contribution < -0.4 is 0 Å². The highest BCUT2D eigenvalue weighted by Crippen LogP contribution is 2.46. The number of hydrogen-bond acceptors (Lipinski definition) is 3. The second-order valence-electron chi connectivity index (χ2n) is 10.0. The summed E-state index contributed by atoms with van der Waals surface area (Å²) in [5.41, 5.74) is 8.28. The van der Waals surface area contributed by atoms with Gasteiger partial charge in [-0.1, -0.05) is 66.7 Å². The van der Waals surface area contributed by atoms with Gasteiger partial charge in [0, 0.05) is 32.4 Å². The van der Waals surface area contributed by atoms with Crippen molar-refractivity contribution < 1.29 is 4.42 Å². The van der Waals surface area contributed by atoms with E-state index in [0.29, 0.717) is 0 Å². The van der Waals surface area contributed by atoms with E-state index < -0.39 is 0 Å². The molecule has 40 heavy (non-hydrogen) atoms. The first kappa shape index (κ1) is 21.8. The van der Waals surface area contributed by atoms with Crippen molar-refractivity contribution in [2.75, 3.05) is 0 Å². The predicted octanol–water partition coefficient (Wildman–Crippen LogP) is 9.75. The van der Waals surface area contributed by atoms with Gasteiger partial charge in [0.25, 0.3) is 0 Å². The summed E-state index contributed by atoms with van der Waals surface area (Å²) < 4.78 is 13.7. The van der Waals surface area contributed by atoms with Crippen LogP contribution in [0.3, 0.4) is 0 Å². The van der Waals surface area contributed by atoms with Gasteiger partial charge >= 0.3 is 0 Å². The fourth-order valence-corrected chi connectivity index (χ4v) is 7.16. The molecule has 0 aliphatic rings. The number of nitrogens with zero attached hydrogens (tertiary/aromatic N) is 3. The molecule has 9 rings (SSSR count). The number of aromatic nitrogens is 3. The summed E-state index contributed by atoms with van der Waals surface area (Å²) in [5, 5.41) is 3.50. The molecule has 9 aromatic rings. The van der Waals surface area contributed by atoms with Crippen molar-refractivity contribution >= 4 is 64.7 Å². The molecule has 0 saturated carbocycles. The highest BCUT2D eigenvalue weighted by Gasteiger charge is 2.23. The molecule has 0 unspecified atom stereocenters. The Morgan fingerprint density at radius 3 is 2.08 bits per heavy atom. The van der Waals surface area contributed by atoms with Crippen molar-refractivity contribution in [3.63, 3.8) is 0 Å². The third-order valence-corrected chi connectivity index (χ3v) is 8.92. The number of fused-ring (bicyclic) bond motifs is 8. The lowest BCUT2D eigenvalue weighted by atomic mass is 10.1. The number of furan rings is 1. The normalized spacial score (nSPS) is 12.0. The molecule has 4 nitrogen and oxygen atoms in total. The summed E-state index contributed by atoms with van der Waals surface area (Å²) in [7, 11) is 0. The van der Waals surface area contributed by atoms with E-state index in [2.05, 4.69) is 118 Å². The Balaban J connectivity index is 1.33. The Hall–Kier alpha value is -5.13. The number of benzene rings is 5.